The van der Waals surface area contributed by atoms with E-state index < -0.39 is 6.10 Å². The third-order valence-corrected chi connectivity index (χ3v) is 2.69. The first-order chi connectivity index (χ1) is 8.75. The van der Waals surface area contributed by atoms with Gasteiger partial charge < -0.3 is 19.8 Å². The van der Waals surface area contributed by atoms with Crippen LogP contribution in [-0.4, -0.2) is 31.1 Å². The Morgan fingerprint density at radius 2 is 2.28 bits per heavy atom. The maximum absolute atomic E-state index is 11.5. The van der Waals surface area contributed by atoms with Crippen LogP contribution in [0.25, 0.3) is 0 Å². The van der Waals surface area contributed by atoms with Gasteiger partial charge in [0.2, 0.25) is 11.8 Å². The number of hydrogen-bond acceptors (Lipinski definition) is 4. The second-order valence-electron chi connectivity index (χ2n) is 4.08. The fourth-order valence-corrected chi connectivity index (χ4v) is 1.73. The SMILES string of the molecule is O=C(CNC(=O)C1CCCO1)NCc1ccco1. The second kappa shape index (κ2) is 6.20. The van der Waals surface area contributed by atoms with E-state index in [9.17, 15) is 9.59 Å². The van der Waals surface area contributed by atoms with Crippen LogP contribution in [0.4, 0.5) is 0 Å². The van der Waals surface area contributed by atoms with Crippen molar-refractivity contribution in [2.75, 3.05) is 13.2 Å². The Morgan fingerprint density at radius 1 is 1.39 bits per heavy atom. The predicted octanol–water partition coefficient (Wildman–Crippen LogP) is 0.191. The summed E-state index contributed by atoms with van der Waals surface area (Å²) in [6.07, 6.45) is 2.76. The summed E-state index contributed by atoms with van der Waals surface area (Å²) < 4.78 is 10.3. The molecule has 1 saturated heterocycles. The van der Waals surface area contributed by atoms with Gasteiger partial charge in [0, 0.05) is 6.61 Å². The van der Waals surface area contributed by atoms with Gasteiger partial charge in [-0.05, 0) is 25.0 Å². The van der Waals surface area contributed by atoms with Crippen LogP contribution in [0.2, 0.25) is 0 Å². The predicted molar refractivity (Wildman–Crippen MR) is 62.5 cm³/mol. The van der Waals surface area contributed by atoms with E-state index in [1.54, 1.807) is 18.4 Å². The highest BCUT2D eigenvalue weighted by atomic mass is 16.5. The summed E-state index contributed by atoms with van der Waals surface area (Å²) >= 11 is 0. The number of ether oxygens (including phenoxy) is 1. The van der Waals surface area contributed by atoms with Crippen LogP contribution >= 0.6 is 0 Å². The summed E-state index contributed by atoms with van der Waals surface area (Å²) in [4.78, 5) is 23.0. The van der Waals surface area contributed by atoms with Gasteiger partial charge in [0.25, 0.3) is 0 Å². The minimum atomic E-state index is -0.400. The minimum absolute atomic E-state index is 0.0423. The molecule has 1 aromatic rings. The number of amides is 2. The third-order valence-electron chi connectivity index (χ3n) is 2.69. The quantitative estimate of drug-likeness (QED) is 0.784. The van der Waals surface area contributed by atoms with E-state index in [2.05, 4.69) is 10.6 Å². The first-order valence-corrected chi connectivity index (χ1v) is 5.94. The molecule has 0 aliphatic carbocycles. The molecule has 0 spiro atoms. The summed E-state index contributed by atoms with van der Waals surface area (Å²) in [5.74, 6) is 0.201. The molecular weight excluding hydrogens is 236 g/mol. The van der Waals surface area contributed by atoms with Gasteiger partial charge in [0.1, 0.15) is 11.9 Å². The van der Waals surface area contributed by atoms with Crippen molar-refractivity contribution in [3.8, 4) is 0 Å². The lowest BCUT2D eigenvalue weighted by Crippen LogP contribution is -2.41. The molecule has 0 bridgehead atoms. The second-order valence-corrected chi connectivity index (χ2v) is 4.08. The third kappa shape index (κ3) is 3.59. The van der Waals surface area contributed by atoms with E-state index in [0.717, 1.165) is 12.8 Å². The molecule has 0 aromatic carbocycles. The summed E-state index contributed by atoms with van der Waals surface area (Å²) in [6.45, 7) is 0.893. The van der Waals surface area contributed by atoms with Gasteiger partial charge >= 0.3 is 0 Å². The molecule has 6 nitrogen and oxygen atoms in total. The summed E-state index contributed by atoms with van der Waals surface area (Å²) in [5, 5.41) is 5.19. The van der Waals surface area contributed by atoms with Crippen molar-refractivity contribution in [3.05, 3.63) is 24.2 Å². The fraction of sp³-hybridized carbons (Fsp3) is 0.500. The molecule has 1 aliphatic rings. The molecule has 2 heterocycles. The van der Waals surface area contributed by atoms with Gasteiger partial charge in [-0.3, -0.25) is 9.59 Å². The Balaban J connectivity index is 1.63. The lowest BCUT2D eigenvalue weighted by atomic mass is 10.2. The van der Waals surface area contributed by atoms with E-state index in [4.69, 9.17) is 9.15 Å². The van der Waals surface area contributed by atoms with E-state index in [0.29, 0.717) is 18.9 Å². The molecule has 1 aliphatic heterocycles. The van der Waals surface area contributed by atoms with Crippen molar-refractivity contribution in [1.82, 2.24) is 10.6 Å². The van der Waals surface area contributed by atoms with Crippen molar-refractivity contribution in [2.24, 2.45) is 0 Å². The number of carbonyl (C=O) groups is 2. The molecule has 1 unspecified atom stereocenters. The van der Waals surface area contributed by atoms with E-state index in [1.165, 1.54) is 0 Å². The molecule has 1 aromatic heterocycles. The van der Waals surface area contributed by atoms with Crippen LogP contribution in [0, 0.1) is 0 Å². The summed E-state index contributed by atoms with van der Waals surface area (Å²) in [6, 6.07) is 3.52. The van der Waals surface area contributed by atoms with Crippen molar-refractivity contribution in [1.29, 1.82) is 0 Å². The average Bonchev–Trinajstić information content (AvgIpc) is 3.05. The minimum Gasteiger partial charge on any atom is -0.467 e. The van der Waals surface area contributed by atoms with Crippen LogP contribution in [0.5, 0.6) is 0 Å². The standard InChI is InChI=1S/C12H16N2O4/c15-11(13-7-9-3-1-5-17-9)8-14-12(16)10-4-2-6-18-10/h1,3,5,10H,2,4,6-8H2,(H,13,15)(H,14,16). The lowest BCUT2D eigenvalue weighted by molar-refractivity contribution is -0.132. The van der Waals surface area contributed by atoms with Crippen molar-refractivity contribution < 1.29 is 18.7 Å². The summed E-state index contributed by atoms with van der Waals surface area (Å²) in [7, 11) is 0. The van der Waals surface area contributed by atoms with Crippen LogP contribution in [0.3, 0.4) is 0 Å². The highest BCUT2D eigenvalue weighted by Gasteiger charge is 2.23. The first-order valence-electron chi connectivity index (χ1n) is 5.94. The molecule has 0 saturated carbocycles. The number of carbonyl (C=O) groups excluding carboxylic acids is 2. The molecule has 2 N–H and O–H groups in total. The Kier molecular flexibility index (Phi) is 4.35. The number of furan rings is 1. The molecule has 0 radical (unpaired) electrons. The zero-order valence-electron chi connectivity index (χ0n) is 9.98. The smallest absolute Gasteiger partial charge is 0.249 e. The molecule has 2 amide bonds. The Bertz CT molecular complexity index is 396. The van der Waals surface area contributed by atoms with Crippen molar-refractivity contribution >= 4 is 11.8 Å². The summed E-state index contributed by atoms with van der Waals surface area (Å²) in [5.41, 5.74) is 0. The molecular formula is C12H16N2O4. The average molecular weight is 252 g/mol. The maximum atomic E-state index is 11.5. The highest BCUT2D eigenvalue weighted by molar-refractivity contribution is 5.86. The Hall–Kier alpha value is -1.82. The van der Waals surface area contributed by atoms with Crippen LogP contribution < -0.4 is 10.6 Å². The fourth-order valence-electron chi connectivity index (χ4n) is 1.73. The monoisotopic (exact) mass is 252 g/mol. The van der Waals surface area contributed by atoms with E-state index in [1.807, 2.05) is 0 Å². The zero-order valence-corrected chi connectivity index (χ0v) is 9.98. The molecule has 1 fully saturated rings. The van der Waals surface area contributed by atoms with Gasteiger partial charge in [0.15, 0.2) is 0 Å². The van der Waals surface area contributed by atoms with Crippen LogP contribution in [0.15, 0.2) is 22.8 Å². The van der Waals surface area contributed by atoms with Crippen LogP contribution in [0.1, 0.15) is 18.6 Å². The largest absolute Gasteiger partial charge is 0.467 e. The van der Waals surface area contributed by atoms with Crippen molar-refractivity contribution in [3.63, 3.8) is 0 Å². The molecule has 18 heavy (non-hydrogen) atoms. The number of hydrogen-bond donors (Lipinski definition) is 2. The van der Waals surface area contributed by atoms with Gasteiger partial charge in [-0.15, -0.1) is 0 Å². The Labute approximate surface area is 105 Å². The Morgan fingerprint density at radius 3 is 2.94 bits per heavy atom. The van der Waals surface area contributed by atoms with Gasteiger partial charge in [-0.1, -0.05) is 0 Å². The molecule has 98 valence electrons. The lowest BCUT2D eigenvalue weighted by Gasteiger charge is -2.10. The topological polar surface area (TPSA) is 80.6 Å². The maximum Gasteiger partial charge on any atom is 0.249 e. The van der Waals surface area contributed by atoms with Crippen LogP contribution in [-0.2, 0) is 20.9 Å². The zero-order chi connectivity index (χ0) is 12.8. The highest BCUT2D eigenvalue weighted by Crippen LogP contribution is 2.11. The van der Waals surface area contributed by atoms with E-state index in [-0.39, 0.29) is 18.4 Å². The molecule has 1 atom stereocenters. The van der Waals surface area contributed by atoms with Gasteiger partial charge in [-0.25, -0.2) is 0 Å². The van der Waals surface area contributed by atoms with Gasteiger partial charge in [-0.2, -0.15) is 0 Å². The van der Waals surface area contributed by atoms with Crippen molar-refractivity contribution in [2.45, 2.75) is 25.5 Å². The van der Waals surface area contributed by atoms with Gasteiger partial charge in [0.05, 0.1) is 19.4 Å². The number of nitrogens with one attached hydrogen (secondary N) is 2. The normalized spacial score (nSPS) is 18.6. The molecule has 2 rings (SSSR count). The molecule has 6 heteroatoms. The van der Waals surface area contributed by atoms with E-state index >= 15 is 0 Å². The first kappa shape index (κ1) is 12.6. The number of rotatable bonds is 5.